The summed E-state index contributed by atoms with van der Waals surface area (Å²) in [5, 5.41) is 3.63. The highest BCUT2D eigenvalue weighted by molar-refractivity contribution is 5.85. The summed E-state index contributed by atoms with van der Waals surface area (Å²) in [5.41, 5.74) is 7.90. The number of carbonyl (C=O) groups is 1. The zero-order valence-corrected chi connectivity index (χ0v) is 13.9. The number of rotatable bonds is 4. The van der Waals surface area contributed by atoms with Crippen molar-refractivity contribution >= 4 is 11.6 Å². The van der Waals surface area contributed by atoms with Gasteiger partial charge in [0.05, 0.1) is 0 Å². The van der Waals surface area contributed by atoms with Crippen molar-refractivity contribution < 1.29 is 4.79 Å². The minimum Gasteiger partial charge on any atom is -0.382 e. The van der Waals surface area contributed by atoms with E-state index in [1.165, 1.54) is 17.3 Å². The van der Waals surface area contributed by atoms with Gasteiger partial charge in [-0.05, 0) is 60.8 Å². The molecule has 0 heterocycles. The second-order valence-electron chi connectivity index (χ2n) is 7.34. The Kier molecular flexibility index (Phi) is 5.28. The van der Waals surface area contributed by atoms with E-state index in [0.717, 1.165) is 25.7 Å². The molecule has 1 aromatic rings. The van der Waals surface area contributed by atoms with Crippen LogP contribution in [0.2, 0.25) is 0 Å². The summed E-state index contributed by atoms with van der Waals surface area (Å²) < 4.78 is 0. The fourth-order valence-corrected chi connectivity index (χ4v) is 2.99. The predicted molar refractivity (Wildman–Crippen MR) is 92.8 cm³/mol. The number of hydrogen-bond acceptors (Lipinski definition) is 2. The van der Waals surface area contributed by atoms with Crippen molar-refractivity contribution in [2.45, 2.75) is 57.9 Å². The standard InChI is InChI=1S/C19H28N2O/c1-19(2,3)15-7-11-17(12-8-15)21-16-9-4-14(5-10-16)6-13-18(20)22/h6-8,11-14,16,21H,4-5,9-10H2,1-3H3,(H2,20,22)/b13-6+. The molecule has 0 saturated heterocycles. The normalized spacial score (nSPS) is 22.7. The van der Waals surface area contributed by atoms with Crippen molar-refractivity contribution in [2.75, 3.05) is 5.32 Å². The average molecular weight is 300 g/mol. The number of carbonyl (C=O) groups excluding carboxylic acids is 1. The molecule has 3 heteroatoms. The lowest BCUT2D eigenvalue weighted by molar-refractivity contribution is -0.113. The summed E-state index contributed by atoms with van der Waals surface area (Å²) in [6.07, 6.45) is 7.97. The molecule has 0 spiro atoms. The van der Waals surface area contributed by atoms with Crippen LogP contribution in [0.25, 0.3) is 0 Å². The third-order valence-corrected chi connectivity index (χ3v) is 4.43. The quantitative estimate of drug-likeness (QED) is 0.826. The Bertz CT molecular complexity index is 517. The van der Waals surface area contributed by atoms with Gasteiger partial charge in [-0.3, -0.25) is 4.79 Å². The van der Waals surface area contributed by atoms with Gasteiger partial charge in [-0.15, -0.1) is 0 Å². The highest BCUT2D eigenvalue weighted by Crippen LogP contribution is 2.28. The lowest BCUT2D eigenvalue weighted by Gasteiger charge is -2.28. The van der Waals surface area contributed by atoms with E-state index in [1.54, 1.807) is 0 Å². The summed E-state index contributed by atoms with van der Waals surface area (Å²) in [4.78, 5) is 10.8. The molecule has 3 nitrogen and oxygen atoms in total. The van der Waals surface area contributed by atoms with Crippen molar-refractivity contribution in [1.82, 2.24) is 0 Å². The summed E-state index contributed by atoms with van der Waals surface area (Å²) in [7, 11) is 0. The van der Waals surface area contributed by atoms with Gasteiger partial charge in [-0.1, -0.05) is 39.0 Å². The molecule has 120 valence electrons. The molecule has 0 aliphatic heterocycles. The number of nitrogens with one attached hydrogen (secondary N) is 1. The fraction of sp³-hybridized carbons (Fsp3) is 0.526. The molecular formula is C19H28N2O. The average Bonchev–Trinajstić information content (AvgIpc) is 2.46. The van der Waals surface area contributed by atoms with Crippen molar-refractivity contribution in [2.24, 2.45) is 11.7 Å². The smallest absolute Gasteiger partial charge is 0.241 e. The van der Waals surface area contributed by atoms with E-state index >= 15 is 0 Å². The monoisotopic (exact) mass is 300 g/mol. The second kappa shape index (κ2) is 6.99. The molecular weight excluding hydrogens is 272 g/mol. The first kappa shape index (κ1) is 16.6. The Labute approximate surface area is 134 Å². The van der Waals surface area contributed by atoms with Crippen molar-refractivity contribution in [3.8, 4) is 0 Å². The zero-order valence-electron chi connectivity index (χ0n) is 13.9. The Balaban J connectivity index is 1.84. The van der Waals surface area contributed by atoms with Gasteiger partial charge < -0.3 is 11.1 Å². The summed E-state index contributed by atoms with van der Waals surface area (Å²) in [5.74, 6) is 0.146. The molecule has 3 N–H and O–H groups in total. The molecule has 1 aromatic carbocycles. The molecule has 0 bridgehead atoms. The van der Waals surface area contributed by atoms with E-state index in [-0.39, 0.29) is 11.3 Å². The SMILES string of the molecule is CC(C)(C)c1ccc(NC2CCC(/C=C/C(N)=O)CC2)cc1. The van der Waals surface area contributed by atoms with E-state index in [9.17, 15) is 4.79 Å². The molecule has 0 atom stereocenters. The molecule has 0 aromatic heterocycles. The Morgan fingerprint density at radius 2 is 1.73 bits per heavy atom. The van der Waals surface area contributed by atoms with Gasteiger partial charge >= 0.3 is 0 Å². The van der Waals surface area contributed by atoms with Gasteiger partial charge in [0.2, 0.25) is 5.91 Å². The van der Waals surface area contributed by atoms with Crippen LogP contribution in [0.3, 0.4) is 0 Å². The van der Waals surface area contributed by atoms with E-state index in [4.69, 9.17) is 5.73 Å². The summed E-state index contributed by atoms with van der Waals surface area (Å²) in [6.45, 7) is 6.70. The van der Waals surface area contributed by atoms with Crippen molar-refractivity contribution in [3.05, 3.63) is 42.0 Å². The first-order valence-corrected chi connectivity index (χ1v) is 8.19. The maximum Gasteiger partial charge on any atom is 0.241 e. The van der Waals surface area contributed by atoms with Crippen LogP contribution in [0.4, 0.5) is 5.69 Å². The van der Waals surface area contributed by atoms with E-state index < -0.39 is 0 Å². The molecule has 2 rings (SSSR count). The third-order valence-electron chi connectivity index (χ3n) is 4.43. The van der Waals surface area contributed by atoms with Crippen molar-refractivity contribution in [3.63, 3.8) is 0 Å². The molecule has 1 amide bonds. The lowest BCUT2D eigenvalue weighted by atomic mass is 9.85. The lowest BCUT2D eigenvalue weighted by Crippen LogP contribution is -2.25. The largest absolute Gasteiger partial charge is 0.382 e. The Morgan fingerprint density at radius 3 is 2.23 bits per heavy atom. The van der Waals surface area contributed by atoms with Gasteiger partial charge in [-0.2, -0.15) is 0 Å². The number of allylic oxidation sites excluding steroid dienone is 1. The molecule has 0 unspecified atom stereocenters. The number of amides is 1. The highest BCUT2D eigenvalue weighted by Gasteiger charge is 2.19. The first-order chi connectivity index (χ1) is 10.3. The van der Waals surface area contributed by atoms with Crippen molar-refractivity contribution in [1.29, 1.82) is 0 Å². The van der Waals surface area contributed by atoms with Crippen LogP contribution < -0.4 is 11.1 Å². The maximum absolute atomic E-state index is 10.8. The summed E-state index contributed by atoms with van der Waals surface area (Å²) >= 11 is 0. The number of nitrogens with two attached hydrogens (primary N) is 1. The van der Waals surface area contributed by atoms with Crippen LogP contribution in [0, 0.1) is 5.92 Å². The topological polar surface area (TPSA) is 55.1 Å². The van der Waals surface area contributed by atoms with E-state index in [1.807, 2.05) is 6.08 Å². The number of anilines is 1. The number of benzene rings is 1. The molecule has 1 saturated carbocycles. The minimum atomic E-state index is -0.348. The predicted octanol–water partition coefficient (Wildman–Crippen LogP) is 4.00. The van der Waals surface area contributed by atoms with Crippen LogP contribution >= 0.6 is 0 Å². The molecule has 1 aliphatic rings. The fourth-order valence-electron chi connectivity index (χ4n) is 2.99. The molecule has 1 aliphatic carbocycles. The Hall–Kier alpha value is -1.77. The van der Waals surface area contributed by atoms with Crippen LogP contribution in [-0.2, 0) is 10.2 Å². The molecule has 22 heavy (non-hydrogen) atoms. The number of hydrogen-bond donors (Lipinski definition) is 2. The maximum atomic E-state index is 10.8. The van der Waals surface area contributed by atoms with Crippen LogP contribution in [0.1, 0.15) is 52.0 Å². The second-order valence-corrected chi connectivity index (χ2v) is 7.34. The van der Waals surface area contributed by atoms with Crippen LogP contribution in [-0.4, -0.2) is 11.9 Å². The van der Waals surface area contributed by atoms with Crippen LogP contribution in [0.15, 0.2) is 36.4 Å². The molecule has 0 radical (unpaired) electrons. The van der Waals surface area contributed by atoms with Gasteiger partial charge in [0.15, 0.2) is 0 Å². The zero-order chi connectivity index (χ0) is 16.2. The third kappa shape index (κ3) is 4.90. The van der Waals surface area contributed by atoms with Gasteiger partial charge in [0.25, 0.3) is 0 Å². The number of primary amides is 1. The van der Waals surface area contributed by atoms with E-state index in [0.29, 0.717) is 12.0 Å². The van der Waals surface area contributed by atoms with Crippen LogP contribution in [0.5, 0.6) is 0 Å². The molecule has 1 fully saturated rings. The van der Waals surface area contributed by atoms with Gasteiger partial charge in [0.1, 0.15) is 0 Å². The van der Waals surface area contributed by atoms with Gasteiger partial charge in [-0.25, -0.2) is 0 Å². The minimum absolute atomic E-state index is 0.198. The first-order valence-electron chi connectivity index (χ1n) is 8.19. The van der Waals surface area contributed by atoms with Gasteiger partial charge in [0, 0.05) is 11.7 Å². The summed E-state index contributed by atoms with van der Waals surface area (Å²) in [6, 6.07) is 9.31. The van der Waals surface area contributed by atoms with E-state index in [2.05, 4.69) is 50.4 Å². The Morgan fingerprint density at radius 1 is 1.14 bits per heavy atom. The highest BCUT2D eigenvalue weighted by atomic mass is 16.1.